The summed E-state index contributed by atoms with van der Waals surface area (Å²) in [5.41, 5.74) is 4.22. The van der Waals surface area contributed by atoms with Gasteiger partial charge in [-0.05, 0) is 66.3 Å². The lowest BCUT2D eigenvalue weighted by molar-refractivity contribution is 0.377. The standard InChI is InChI=1S/C20H20IN5O/c1-13(2)26-18-7-16(21)4-5-17(18)24-20(26)15-6-14(8-22-9-15)11-25-12-23-10-19(25)27-3/h4-10,12-13H,11H2,1-3H3. The van der Waals surface area contributed by atoms with Gasteiger partial charge in [-0.2, -0.15) is 0 Å². The van der Waals surface area contributed by atoms with Crippen LogP contribution in [0, 0.1) is 3.57 Å². The molecule has 0 unspecified atom stereocenters. The van der Waals surface area contributed by atoms with E-state index in [4.69, 9.17) is 9.72 Å². The van der Waals surface area contributed by atoms with E-state index in [9.17, 15) is 0 Å². The molecule has 0 saturated heterocycles. The van der Waals surface area contributed by atoms with E-state index in [1.165, 1.54) is 3.57 Å². The first-order valence-electron chi connectivity index (χ1n) is 8.72. The summed E-state index contributed by atoms with van der Waals surface area (Å²) in [6.07, 6.45) is 7.21. The van der Waals surface area contributed by atoms with Gasteiger partial charge < -0.3 is 9.30 Å². The fraction of sp³-hybridized carbons (Fsp3) is 0.250. The summed E-state index contributed by atoms with van der Waals surface area (Å²) in [6, 6.07) is 8.77. The van der Waals surface area contributed by atoms with Crippen molar-refractivity contribution >= 4 is 33.6 Å². The van der Waals surface area contributed by atoms with Crippen LogP contribution in [-0.2, 0) is 6.54 Å². The van der Waals surface area contributed by atoms with Crippen molar-refractivity contribution in [2.24, 2.45) is 0 Å². The average Bonchev–Trinajstić information content (AvgIpc) is 3.25. The minimum atomic E-state index is 0.292. The van der Waals surface area contributed by atoms with Gasteiger partial charge in [0.2, 0.25) is 5.88 Å². The monoisotopic (exact) mass is 473 g/mol. The van der Waals surface area contributed by atoms with Gasteiger partial charge in [0, 0.05) is 27.6 Å². The summed E-state index contributed by atoms with van der Waals surface area (Å²) in [6.45, 7) is 5.00. The first kappa shape index (κ1) is 18.0. The van der Waals surface area contributed by atoms with Gasteiger partial charge in [0.05, 0.1) is 37.2 Å². The Morgan fingerprint density at radius 3 is 2.74 bits per heavy atom. The summed E-state index contributed by atoms with van der Waals surface area (Å²) < 4.78 is 10.8. The van der Waals surface area contributed by atoms with E-state index in [0.29, 0.717) is 12.6 Å². The number of halogens is 1. The van der Waals surface area contributed by atoms with Crippen LogP contribution in [0.3, 0.4) is 0 Å². The first-order valence-corrected chi connectivity index (χ1v) is 9.80. The Bertz CT molecular complexity index is 1100. The highest BCUT2D eigenvalue weighted by Crippen LogP contribution is 2.29. The molecule has 4 aromatic rings. The van der Waals surface area contributed by atoms with E-state index >= 15 is 0 Å². The van der Waals surface area contributed by atoms with Crippen molar-refractivity contribution in [3.63, 3.8) is 0 Å². The maximum absolute atomic E-state index is 5.34. The van der Waals surface area contributed by atoms with Crippen LogP contribution in [0.25, 0.3) is 22.4 Å². The molecule has 3 aromatic heterocycles. The van der Waals surface area contributed by atoms with Gasteiger partial charge in [0.25, 0.3) is 0 Å². The Morgan fingerprint density at radius 2 is 1.96 bits per heavy atom. The predicted molar refractivity (Wildman–Crippen MR) is 114 cm³/mol. The number of benzene rings is 1. The molecule has 0 fully saturated rings. The van der Waals surface area contributed by atoms with Crippen molar-refractivity contribution in [2.75, 3.05) is 7.11 Å². The highest BCUT2D eigenvalue weighted by Gasteiger charge is 2.16. The van der Waals surface area contributed by atoms with Crippen molar-refractivity contribution in [2.45, 2.75) is 26.4 Å². The third-order valence-corrected chi connectivity index (χ3v) is 5.13. The molecule has 0 aliphatic heterocycles. The molecule has 0 aliphatic carbocycles. The molecule has 0 atom stereocenters. The fourth-order valence-corrected chi connectivity index (χ4v) is 3.76. The summed E-state index contributed by atoms with van der Waals surface area (Å²) >= 11 is 2.34. The molecule has 0 aliphatic rings. The second kappa shape index (κ2) is 7.30. The molecule has 27 heavy (non-hydrogen) atoms. The molecule has 7 heteroatoms. The number of aromatic nitrogens is 5. The Kier molecular flexibility index (Phi) is 4.86. The van der Waals surface area contributed by atoms with E-state index in [1.807, 2.05) is 17.0 Å². The zero-order valence-corrected chi connectivity index (χ0v) is 17.6. The average molecular weight is 473 g/mol. The fourth-order valence-electron chi connectivity index (χ4n) is 3.28. The molecule has 1 aromatic carbocycles. The lowest BCUT2D eigenvalue weighted by atomic mass is 10.2. The van der Waals surface area contributed by atoms with Gasteiger partial charge in [-0.15, -0.1) is 0 Å². The molecular weight excluding hydrogens is 453 g/mol. The van der Waals surface area contributed by atoms with Gasteiger partial charge in [0.15, 0.2) is 0 Å². The van der Waals surface area contributed by atoms with Gasteiger partial charge in [-0.25, -0.2) is 9.97 Å². The number of pyridine rings is 1. The summed E-state index contributed by atoms with van der Waals surface area (Å²) in [5, 5.41) is 0. The van der Waals surface area contributed by atoms with Crippen LogP contribution in [0.4, 0.5) is 0 Å². The minimum absolute atomic E-state index is 0.292. The summed E-state index contributed by atoms with van der Waals surface area (Å²) in [7, 11) is 1.65. The maximum atomic E-state index is 5.34. The molecule has 0 saturated carbocycles. The van der Waals surface area contributed by atoms with E-state index in [0.717, 1.165) is 33.9 Å². The van der Waals surface area contributed by atoms with Crippen molar-refractivity contribution in [3.05, 3.63) is 58.3 Å². The van der Waals surface area contributed by atoms with Crippen molar-refractivity contribution in [1.29, 1.82) is 0 Å². The lowest BCUT2D eigenvalue weighted by Crippen LogP contribution is -2.05. The van der Waals surface area contributed by atoms with Crippen molar-refractivity contribution in [3.8, 4) is 17.3 Å². The number of rotatable bonds is 5. The van der Waals surface area contributed by atoms with Gasteiger partial charge >= 0.3 is 0 Å². The van der Waals surface area contributed by atoms with Crippen LogP contribution in [0.15, 0.2) is 49.2 Å². The number of hydrogen-bond acceptors (Lipinski definition) is 4. The largest absolute Gasteiger partial charge is 0.481 e. The summed E-state index contributed by atoms with van der Waals surface area (Å²) in [4.78, 5) is 13.5. The molecule has 138 valence electrons. The van der Waals surface area contributed by atoms with Gasteiger partial charge in [0.1, 0.15) is 5.82 Å². The number of ether oxygens (including phenoxy) is 1. The highest BCUT2D eigenvalue weighted by atomic mass is 127. The smallest absolute Gasteiger partial charge is 0.213 e. The number of methoxy groups -OCH3 is 1. The topological polar surface area (TPSA) is 57.8 Å². The molecule has 0 radical (unpaired) electrons. The normalized spacial score (nSPS) is 11.4. The third kappa shape index (κ3) is 3.43. The maximum Gasteiger partial charge on any atom is 0.213 e. The minimum Gasteiger partial charge on any atom is -0.481 e. The lowest BCUT2D eigenvalue weighted by Gasteiger charge is -2.14. The Hall–Kier alpha value is -2.42. The molecule has 0 amide bonds. The van der Waals surface area contributed by atoms with Crippen LogP contribution in [0.2, 0.25) is 0 Å². The quantitative estimate of drug-likeness (QED) is 0.400. The SMILES string of the molecule is COc1cncn1Cc1cncc(-c2nc3ccc(I)cc3n2C(C)C)c1. The van der Waals surface area contributed by atoms with Crippen molar-refractivity contribution < 1.29 is 4.74 Å². The second-order valence-electron chi connectivity index (χ2n) is 6.68. The number of imidazole rings is 2. The van der Waals surface area contributed by atoms with Crippen LogP contribution >= 0.6 is 22.6 Å². The highest BCUT2D eigenvalue weighted by molar-refractivity contribution is 14.1. The second-order valence-corrected chi connectivity index (χ2v) is 7.92. The van der Waals surface area contributed by atoms with Crippen LogP contribution < -0.4 is 4.74 Å². The Morgan fingerprint density at radius 1 is 1.11 bits per heavy atom. The number of fused-ring (bicyclic) bond motifs is 1. The van der Waals surface area contributed by atoms with E-state index < -0.39 is 0 Å². The Balaban J connectivity index is 1.79. The number of nitrogens with zero attached hydrogens (tertiary/aromatic N) is 5. The molecular formula is C20H20IN5O. The molecule has 4 rings (SSSR count). The first-order chi connectivity index (χ1) is 13.1. The molecule has 0 bridgehead atoms. The van der Waals surface area contributed by atoms with Gasteiger partial charge in [-0.1, -0.05) is 0 Å². The molecule has 6 nitrogen and oxygen atoms in total. The molecule has 3 heterocycles. The predicted octanol–water partition coefficient (Wildman–Crippen LogP) is 4.54. The molecule has 0 spiro atoms. The van der Waals surface area contributed by atoms with E-state index in [-0.39, 0.29) is 0 Å². The van der Waals surface area contributed by atoms with Crippen LogP contribution in [0.5, 0.6) is 5.88 Å². The third-order valence-electron chi connectivity index (χ3n) is 4.46. The van der Waals surface area contributed by atoms with E-state index in [2.05, 4.69) is 75.2 Å². The van der Waals surface area contributed by atoms with Crippen LogP contribution in [0.1, 0.15) is 25.5 Å². The zero-order chi connectivity index (χ0) is 19.0. The zero-order valence-electron chi connectivity index (χ0n) is 15.4. The summed E-state index contributed by atoms with van der Waals surface area (Å²) in [5.74, 6) is 1.67. The van der Waals surface area contributed by atoms with Crippen molar-refractivity contribution in [1.82, 2.24) is 24.1 Å². The van der Waals surface area contributed by atoms with E-state index in [1.54, 1.807) is 19.6 Å². The van der Waals surface area contributed by atoms with Crippen LogP contribution in [-0.4, -0.2) is 31.2 Å². The molecule has 0 N–H and O–H groups in total. The Labute approximate surface area is 171 Å². The number of hydrogen-bond donors (Lipinski definition) is 0. The van der Waals surface area contributed by atoms with Gasteiger partial charge in [-0.3, -0.25) is 9.55 Å².